The molecule has 2 heterocycles. The second-order valence-electron chi connectivity index (χ2n) is 7.79. The number of furan rings is 1. The second-order valence-corrected chi connectivity index (χ2v) is 8.19. The van der Waals surface area contributed by atoms with Gasteiger partial charge in [0.15, 0.2) is 12.0 Å². The number of anilines is 2. The van der Waals surface area contributed by atoms with Crippen molar-refractivity contribution in [2.75, 3.05) is 5.32 Å². The van der Waals surface area contributed by atoms with Gasteiger partial charge >= 0.3 is 0 Å². The molecule has 1 N–H and O–H groups in total. The van der Waals surface area contributed by atoms with Crippen LogP contribution in [0.1, 0.15) is 21.7 Å². The Morgan fingerprint density at radius 3 is 2.69 bits per heavy atom. The number of fused-ring (bicyclic) bond motifs is 1. The fraction of sp³-hybridized carbons (Fsp3) is 0.0741. The lowest BCUT2D eigenvalue weighted by atomic mass is 10.1. The van der Waals surface area contributed by atoms with Crippen molar-refractivity contribution in [3.8, 4) is 17.1 Å². The summed E-state index contributed by atoms with van der Waals surface area (Å²) >= 11 is 6.46. The molecule has 8 heteroatoms. The van der Waals surface area contributed by atoms with E-state index in [1.54, 1.807) is 42.5 Å². The summed E-state index contributed by atoms with van der Waals surface area (Å²) in [5.41, 5.74) is 3.72. The summed E-state index contributed by atoms with van der Waals surface area (Å²) in [5.74, 6) is 1.94. The SMILES string of the molecule is O=Cc1ccc(-c2ccc3ncnc(Nc4ccc(OCc5cccc(CF)c5)c(Cl)c4)c3c2)o1. The van der Waals surface area contributed by atoms with Crippen molar-refractivity contribution in [2.45, 2.75) is 13.3 Å². The minimum absolute atomic E-state index is 0.259. The van der Waals surface area contributed by atoms with E-state index in [2.05, 4.69) is 15.3 Å². The minimum Gasteiger partial charge on any atom is -0.487 e. The lowest BCUT2D eigenvalue weighted by Crippen LogP contribution is -1.99. The van der Waals surface area contributed by atoms with E-state index in [9.17, 15) is 9.18 Å². The topological polar surface area (TPSA) is 77.2 Å². The van der Waals surface area contributed by atoms with Crippen molar-refractivity contribution in [1.82, 2.24) is 9.97 Å². The highest BCUT2D eigenvalue weighted by Crippen LogP contribution is 2.32. The number of ether oxygens (including phenoxy) is 1. The number of carbonyl (C=O) groups is 1. The Balaban J connectivity index is 1.36. The van der Waals surface area contributed by atoms with Crippen LogP contribution in [0.4, 0.5) is 15.9 Å². The van der Waals surface area contributed by atoms with Crippen LogP contribution < -0.4 is 10.1 Å². The Bertz CT molecular complexity index is 1520. The Hall–Kier alpha value is -4.23. The van der Waals surface area contributed by atoms with Crippen LogP contribution >= 0.6 is 11.6 Å². The third kappa shape index (κ3) is 5.00. The van der Waals surface area contributed by atoms with E-state index in [0.717, 1.165) is 22.0 Å². The lowest BCUT2D eigenvalue weighted by molar-refractivity contribution is 0.110. The molecule has 0 aliphatic carbocycles. The standard InChI is InChI=1S/C27H19ClFN3O3/c28-23-12-20(5-8-26(23)34-15-18-3-1-2-17(10-18)13-29)32-27-22-11-19(4-7-24(22)30-16-31-27)25-9-6-21(14-33)35-25/h1-12,14,16H,13,15H2,(H,30,31,32). The van der Waals surface area contributed by atoms with Crippen molar-refractivity contribution >= 4 is 40.3 Å². The summed E-state index contributed by atoms with van der Waals surface area (Å²) in [4.78, 5) is 19.7. The first kappa shape index (κ1) is 22.6. The first-order valence-electron chi connectivity index (χ1n) is 10.8. The Morgan fingerprint density at radius 2 is 1.89 bits per heavy atom. The maximum atomic E-state index is 12.9. The highest BCUT2D eigenvalue weighted by atomic mass is 35.5. The molecule has 0 spiro atoms. The van der Waals surface area contributed by atoms with Gasteiger partial charge in [-0.3, -0.25) is 4.79 Å². The van der Waals surface area contributed by atoms with E-state index in [0.29, 0.717) is 39.9 Å². The zero-order valence-corrected chi connectivity index (χ0v) is 19.1. The van der Waals surface area contributed by atoms with Gasteiger partial charge in [-0.1, -0.05) is 29.8 Å². The van der Waals surface area contributed by atoms with Gasteiger partial charge in [-0.05, 0) is 65.7 Å². The molecule has 0 saturated heterocycles. The Labute approximate surface area is 205 Å². The maximum Gasteiger partial charge on any atom is 0.185 e. The number of aromatic nitrogens is 2. The molecule has 6 nitrogen and oxygen atoms in total. The van der Waals surface area contributed by atoms with Crippen molar-refractivity contribution < 1.29 is 18.3 Å². The molecule has 174 valence electrons. The number of hydrogen-bond donors (Lipinski definition) is 1. The van der Waals surface area contributed by atoms with Crippen LogP contribution in [0.3, 0.4) is 0 Å². The van der Waals surface area contributed by atoms with Gasteiger partial charge in [0.25, 0.3) is 0 Å². The average Bonchev–Trinajstić information content (AvgIpc) is 3.38. The average molecular weight is 488 g/mol. The highest BCUT2D eigenvalue weighted by molar-refractivity contribution is 6.32. The number of nitrogens with one attached hydrogen (secondary N) is 1. The fourth-order valence-electron chi connectivity index (χ4n) is 3.68. The van der Waals surface area contributed by atoms with Crippen LogP contribution in [0, 0.1) is 0 Å². The third-order valence-electron chi connectivity index (χ3n) is 5.40. The number of hydrogen-bond acceptors (Lipinski definition) is 6. The van der Waals surface area contributed by atoms with Gasteiger partial charge in [0.1, 0.15) is 36.9 Å². The fourth-order valence-corrected chi connectivity index (χ4v) is 3.91. The predicted molar refractivity (Wildman–Crippen MR) is 133 cm³/mol. The molecule has 3 aromatic carbocycles. The van der Waals surface area contributed by atoms with Crippen LogP contribution in [0.15, 0.2) is 83.5 Å². The van der Waals surface area contributed by atoms with E-state index in [1.807, 2.05) is 30.3 Å². The normalized spacial score (nSPS) is 10.9. The molecule has 5 rings (SSSR count). The van der Waals surface area contributed by atoms with Gasteiger partial charge in [0.05, 0.1) is 10.5 Å². The van der Waals surface area contributed by atoms with Crippen molar-refractivity contribution in [2.24, 2.45) is 0 Å². The van der Waals surface area contributed by atoms with E-state index < -0.39 is 6.67 Å². The van der Waals surface area contributed by atoms with Crippen molar-refractivity contribution in [1.29, 1.82) is 0 Å². The molecule has 0 aliphatic heterocycles. The monoisotopic (exact) mass is 487 g/mol. The molecular formula is C27H19ClFN3O3. The van der Waals surface area contributed by atoms with Crippen LogP contribution in [0.5, 0.6) is 5.75 Å². The molecule has 0 fully saturated rings. The van der Waals surface area contributed by atoms with E-state index >= 15 is 0 Å². The molecule has 0 saturated carbocycles. The minimum atomic E-state index is -0.518. The third-order valence-corrected chi connectivity index (χ3v) is 5.69. The number of halogens is 2. The molecule has 35 heavy (non-hydrogen) atoms. The van der Waals surface area contributed by atoms with Crippen LogP contribution in [0.2, 0.25) is 5.02 Å². The van der Waals surface area contributed by atoms with E-state index in [-0.39, 0.29) is 12.4 Å². The van der Waals surface area contributed by atoms with Gasteiger partial charge in [0.2, 0.25) is 0 Å². The molecule has 2 aromatic heterocycles. The van der Waals surface area contributed by atoms with Crippen molar-refractivity contribution in [3.63, 3.8) is 0 Å². The maximum absolute atomic E-state index is 12.9. The summed E-state index contributed by atoms with van der Waals surface area (Å²) in [6.45, 7) is -0.242. The first-order valence-corrected chi connectivity index (χ1v) is 11.1. The second kappa shape index (κ2) is 9.95. The van der Waals surface area contributed by atoms with Crippen LogP contribution in [-0.4, -0.2) is 16.3 Å². The zero-order chi connectivity index (χ0) is 24.2. The van der Waals surface area contributed by atoms with Crippen LogP contribution in [0.25, 0.3) is 22.2 Å². The number of carbonyl (C=O) groups excluding carboxylic acids is 1. The van der Waals surface area contributed by atoms with Crippen molar-refractivity contribution in [3.05, 3.63) is 101 Å². The molecule has 0 aliphatic rings. The number of aldehydes is 1. The Morgan fingerprint density at radius 1 is 1.00 bits per heavy atom. The quantitative estimate of drug-likeness (QED) is 0.234. The smallest absolute Gasteiger partial charge is 0.185 e. The highest BCUT2D eigenvalue weighted by Gasteiger charge is 2.11. The summed E-state index contributed by atoms with van der Waals surface area (Å²) < 4.78 is 24.3. The molecule has 0 bridgehead atoms. The largest absolute Gasteiger partial charge is 0.487 e. The van der Waals surface area contributed by atoms with Gasteiger partial charge < -0.3 is 14.5 Å². The number of rotatable bonds is 8. The van der Waals surface area contributed by atoms with Gasteiger partial charge in [-0.2, -0.15) is 0 Å². The summed E-state index contributed by atoms with van der Waals surface area (Å²) in [7, 11) is 0. The van der Waals surface area contributed by atoms with Gasteiger partial charge in [-0.25, -0.2) is 14.4 Å². The zero-order valence-electron chi connectivity index (χ0n) is 18.4. The number of benzene rings is 3. The lowest BCUT2D eigenvalue weighted by Gasteiger charge is -2.12. The molecule has 0 unspecified atom stereocenters. The molecular weight excluding hydrogens is 469 g/mol. The van der Waals surface area contributed by atoms with E-state index in [1.165, 1.54) is 6.33 Å². The Kier molecular flexibility index (Phi) is 6.41. The van der Waals surface area contributed by atoms with E-state index in [4.69, 9.17) is 20.8 Å². The summed E-state index contributed by atoms with van der Waals surface area (Å²) in [6.07, 6.45) is 2.14. The summed E-state index contributed by atoms with van der Waals surface area (Å²) in [5, 5.41) is 4.48. The molecule has 0 radical (unpaired) electrons. The van der Waals surface area contributed by atoms with Gasteiger partial charge in [0, 0.05) is 16.6 Å². The van der Waals surface area contributed by atoms with Crippen LogP contribution in [-0.2, 0) is 13.3 Å². The molecule has 0 amide bonds. The van der Waals surface area contributed by atoms with Gasteiger partial charge in [-0.15, -0.1) is 0 Å². The number of nitrogens with zero attached hydrogens (tertiary/aromatic N) is 2. The predicted octanol–water partition coefficient (Wildman–Crippen LogP) is 7.15. The summed E-state index contributed by atoms with van der Waals surface area (Å²) in [6, 6.07) is 21.5. The molecule has 5 aromatic rings. The molecule has 0 atom stereocenters. The first-order chi connectivity index (χ1) is 17.1. The number of alkyl halides is 1.